The van der Waals surface area contributed by atoms with Crippen LogP contribution in [0.15, 0.2) is 10.8 Å². The molecule has 1 aromatic heterocycles. The summed E-state index contributed by atoms with van der Waals surface area (Å²) in [5.41, 5.74) is 0. The number of hydrogen-bond acceptors (Lipinski definition) is 5. The lowest BCUT2D eigenvalue weighted by atomic mass is 10.1. The third-order valence-electron chi connectivity index (χ3n) is 3.85. The second-order valence-corrected chi connectivity index (χ2v) is 6.49. The van der Waals surface area contributed by atoms with Gasteiger partial charge < -0.3 is 15.1 Å². The lowest BCUT2D eigenvalue weighted by molar-refractivity contribution is 0.266. The summed E-state index contributed by atoms with van der Waals surface area (Å²) in [6.07, 6.45) is 2.72. The second-order valence-electron chi connectivity index (χ2n) is 5.70. The van der Waals surface area contributed by atoms with Crippen molar-refractivity contribution in [2.45, 2.75) is 26.3 Å². The smallest absolute Gasteiger partial charge is 0.148 e. The van der Waals surface area contributed by atoms with Gasteiger partial charge in [0.25, 0.3) is 0 Å². The Bertz CT molecular complexity index is 451. The van der Waals surface area contributed by atoms with Crippen LogP contribution in [0.5, 0.6) is 0 Å². The van der Waals surface area contributed by atoms with E-state index < -0.39 is 0 Å². The zero-order chi connectivity index (χ0) is 14.7. The third-order valence-corrected chi connectivity index (χ3v) is 4.58. The molecule has 1 fully saturated rings. The van der Waals surface area contributed by atoms with Gasteiger partial charge in [-0.15, -0.1) is 0 Å². The van der Waals surface area contributed by atoms with E-state index in [1.165, 1.54) is 0 Å². The largest absolute Gasteiger partial charge is 0.369 e. The minimum absolute atomic E-state index is 0.573. The highest BCUT2D eigenvalue weighted by Gasteiger charge is 2.32. The predicted octanol–water partition coefficient (Wildman–Crippen LogP) is 2.45. The maximum atomic E-state index is 4.47. The van der Waals surface area contributed by atoms with Crippen LogP contribution in [0.1, 0.15) is 20.3 Å². The molecule has 1 aliphatic heterocycles. The van der Waals surface area contributed by atoms with Crippen LogP contribution in [0.25, 0.3) is 0 Å². The van der Waals surface area contributed by atoms with Gasteiger partial charge in [-0.3, -0.25) is 0 Å². The van der Waals surface area contributed by atoms with E-state index in [1.807, 2.05) is 0 Å². The first-order valence-electron chi connectivity index (χ1n) is 7.20. The van der Waals surface area contributed by atoms with E-state index in [2.05, 4.69) is 69.0 Å². The molecule has 20 heavy (non-hydrogen) atoms. The van der Waals surface area contributed by atoms with Crippen molar-refractivity contribution < 1.29 is 0 Å². The van der Waals surface area contributed by atoms with Gasteiger partial charge in [-0.2, -0.15) is 0 Å². The zero-order valence-electron chi connectivity index (χ0n) is 12.7. The first-order chi connectivity index (χ1) is 9.54. The van der Waals surface area contributed by atoms with Crippen LogP contribution in [0.4, 0.5) is 11.6 Å². The molecular weight excluding hydrogens is 318 g/mol. The summed E-state index contributed by atoms with van der Waals surface area (Å²) in [5, 5.41) is 3.34. The number of anilines is 2. The number of aromatic nitrogens is 2. The third kappa shape index (κ3) is 3.23. The first-order valence-corrected chi connectivity index (χ1v) is 7.99. The molecule has 6 heteroatoms. The molecule has 0 amide bonds. The monoisotopic (exact) mass is 341 g/mol. The average molecular weight is 342 g/mol. The van der Waals surface area contributed by atoms with Gasteiger partial charge in [0.1, 0.15) is 22.4 Å². The number of rotatable bonds is 5. The summed E-state index contributed by atoms with van der Waals surface area (Å²) in [6.45, 7) is 7.41. The number of nitrogens with zero attached hydrogens (tertiary/aromatic N) is 4. The SMILES string of the molecule is CCCNc1ncnc(N2CC(C)C(N(C)C)C2)c1Br. The standard InChI is InChI=1S/C14H24BrN5/c1-5-6-16-13-12(15)14(18-9-17-13)20-7-10(2)11(8-20)19(3)4/h9-11H,5-8H2,1-4H3,(H,16,17,18). The van der Waals surface area contributed by atoms with Gasteiger partial charge in [0.05, 0.1) is 0 Å². The van der Waals surface area contributed by atoms with Crippen LogP contribution in [0.2, 0.25) is 0 Å². The van der Waals surface area contributed by atoms with Crippen molar-refractivity contribution in [2.24, 2.45) is 5.92 Å². The summed E-state index contributed by atoms with van der Waals surface area (Å²) >= 11 is 3.66. The first kappa shape index (κ1) is 15.5. The molecule has 1 N–H and O–H groups in total. The summed E-state index contributed by atoms with van der Waals surface area (Å²) in [6, 6.07) is 0.573. The topological polar surface area (TPSA) is 44.3 Å². The molecular formula is C14H24BrN5. The molecule has 0 bridgehead atoms. The highest BCUT2D eigenvalue weighted by molar-refractivity contribution is 9.10. The molecule has 2 unspecified atom stereocenters. The fourth-order valence-electron chi connectivity index (χ4n) is 2.74. The Morgan fingerprint density at radius 2 is 2.15 bits per heavy atom. The van der Waals surface area contributed by atoms with Crippen molar-refractivity contribution in [2.75, 3.05) is 43.9 Å². The second kappa shape index (κ2) is 6.72. The Labute approximate surface area is 129 Å². The van der Waals surface area contributed by atoms with Gasteiger partial charge in [0.2, 0.25) is 0 Å². The average Bonchev–Trinajstić information content (AvgIpc) is 2.79. The Morgan fingerprint density at radius 3 is 2.75 bits per heavy atom. The van der Waals surface area contributed by atoms with Gasteiger partial charge >= 0.3 is 0 Å². The number of halogens is 1. The molecule has 0 aliphatic carbocycles. The van der Waals surface area contributed by atoms with Gasteiger partial charge in [0.15, 0.2) is 0 Å². The fraction of sp³-hybridized carbons (Fsp3) is 0.714. The van der Waals surface area contributed by atoms with E-state index in [1.54, 1.807) is 6.33 Å². The van der Waals surface area contributed by atoms with E-state index >= 15 is 0 Å². The maximum Gasteiger partial charge on any atom is 0.148 e. The predicted molar refractivity (Wildman–Crippen MR) is 87.4 cm³/mol. The molecule has 2 atom stereocenters. The summed E-state index contributed by atoms with van der Waals surface area (Å²) in [4.78, 5) is 13.4. The van der Waals surface area contributed by atoms with Crippen molar-refractivity contribution in [3.63, 3.8) is 0 Å². The Kier molecular flexibility index (Phi) is 5.21. The molecule has 0 radical (unpaired) electrons. The number of nitrogens with one attached hydrogen (secondary N) is 1. The Morgan fingerprint density at radius 1 is 1.40 bits per heavy atom. The molecule has 0 saturated carbocycles. The Hall–Kier alpha value is -0.880. The molecule has 1 aromatic rings. The normalized spacial score (nSPS) is 22.6. The van der Waals surface area contributed by atoms with Crippen LogP contribution in [0, 0.1) is 5.92 Å². The number of hydrogen-bond donors (Lipinski definition) is 1. The van der Waals surface area contributed by atoms with E-state index in [9.17, 15) is 0 Å². The van der Waals surface area contributed by atoms with Crippen molar-refractivity contribution in [1.29, 1.82) is 0 Å². The number of likely N-dealkylation sites (N-methyl/N-ethyl adjacent to an activating group) is 1. The van der Waals surface area contributed by atoms with Crippen LogP contribution in [-0.4, -0.2) is 54.6 Å². The van der Waals surface area contributed by atoms with Crippen LogP contribution in [-0.2, 0) is 0 Å². The van der Waals surface area contributed by atoms with Crippen LogP contribution >= 0.6 is 15.9 Å². The van der Waals surface area contributed by atoms with E-state index in [0.29, 0.717) is 12.0 Å². The minimum Gasteiger partial charge on any atom is -0.369 e. The Balaban J connectivity index is 2.17. The van der Waals surface area contributed by atoms with Crippen LogP contribution < -0.4 is 10.2 Å². The molecule has 5 nitrogen and oxygen atoms in total. The molecule has 112 valence electrons. The van der Waals surface area contributed by atoms with Gasteiger partial charge in [-0.25, -0.2) is 9.97 Å². The van der Waals surface area contributed by atoms with Gasteiger partial charge in [-0.05, 0) is 42.4 Å². The lowest BCUT2D eigenvalue weighted by Gasteiger charge is -2.23. The molecule has 1 saturated heterocycles. The molecule has 2 rings (SSSR count). The molecule has 0 aromatic carbocycles. The van der Waals surface area contributed by atoms with Crippen molar-refractivity contribution >= 4 is 27.6 Å². The highest BCUT2D eigenvalue weighted by Crippen LogP contribution is 2.33. The minimum atomic E-state index is 0.573. The van der Waals surface area contributed by atoms with Crippen molar-refractivity contribution in [1.82, 2.24) is 14.9 Å². The van der Waals surface area contributed by atoms with E-state index in [4.69, 9.17) is 0 Å². The fourth-order valence-corrected chi connectivity index (χ4v) is 3.34. The van der Waals surface area contributed by atoms with E-state index in [0.717, 1.165) is 42.2 Å². The highest BCUT2D eigenvalue weighted by atomic mass is 79.9. The molecule has 2 heterocycles. The maximum absolute atomic E-state index is 4.47. The van der Waals surface area contributed by atoms with Gasteiger partial charge in [0, 0.05) is 25.7 Å². The quantitative estimate of drug-likeness (QED) is 0.891. The molecule has 0 spiro atoms. The van der Waals surface area contributed by atoms with Crippen molar-refractivity contribution in [3.8, 4) is 0 Å². The summed E-state index contributed by atoms with van der Waals surface area (Å²) in [5.74, 6) is 2.52. The molecule has 1 aliphatic rings. The van der Waals surface area contributed by atoms with Crippen LogP contribution in [0.3, 0.4) is 0 Å². The van der Waals surface area contributed by atoms with Crippen molar-refractivity contribution in [3.05, 3.63) is 10.8 Å². The van der Waals surface area contributed by atoms with E-state index in [-0.39, 0.29) is 0 Å². The zero-order valence-corrected chi connectivity index (χ0v) is 14.3. The van der Waals surface area contributed by atoms with Gasteiger partial charge in [-0.1, -0.05) is 13.8 Å². The lowest BCUT2D eigenvalue weighted by Crippen LogP contribution is -2.34. The summed E-state index contributed by atoms with van der Waals surface area (Å²) in [7, 11) is 4.29. The summed E-state index contributed by atoms with van der Waals surface area (Å²) < 4.78 is 0.972.